The number of hydrogen-bond donors (Lipinski definition) is 0. The first-order chi connectivity index (χ1) is 24.8. The van der Waals surface area contributed by atoms with Crippen molar-refractivity contribution in [3.8, 4) is 67.5 Å². The number of aromatic nitrogens is 3. The monoisotopic (exact) mass is 637 g/mol. The standard InChI is InChI=1S/C47H31N3/c1-4-16-33(17-5-1)39-25-14-26-43(44(39)34-18-6-2-7-19-34)47-49-45(35-20-8-3-9-21-35)48-46(50-47)42-30-29-38(40-23-12-13-24-41(40)42)37-28-27-32-15-10-11-22-36(32)31-37/h1-31H. The molecule has 9 rings (SSSR count). The molecule has 1 aromatic heterocycles. The van der Waals surface area contributed by atoms with Crippen LogP contribution >= 0.6 is 0 Å². The van der Waals surface area contributed by atoms with Gasteiger partial charge in [0.25, 0.3) is 0 Å². The highest BCUT2D eigenvalue weighted by Gasteiger charge is 2.20. The predicted molar refractivity (Wildman–Crippen MR) is 207 cm³/mol. The zero-order valence-electron chi connectivity index (χ0n) is 27.2. The summed E-state index contributed by atoms with van der Waals surface area (Å²) in [5.74, 6) is 1.91. The van der Waals surface area contributed by atoms with Crippen LogP contribution in [0.5, 0.6) is 0 Å². The van der Waals surface area contributed by atoms with Crippen molar-refractivity contribution in [2.24, 2.45) is 0 Å². The zero-order chi connectivity index (χ0) is 33.3. The lowest BCUT2D eigenvalue weighted by molar-refractivity contribution is 1.08. The van der Waals surface area contributed by atoms with E-state index >= 15 is 0 Å². The van der Waals surface area contributed by atoms with Crippen LogP contribution in [0.4, 0.5) is 0 Å². The van der Waals surface area contributed by atoms with Crippen LogP contribution in [0, 0.1) is 0 Å². The molecule has 1 heterocycles. The highest BCUT2D eigenvalue weighted by atomic mass is 15.0. The molecule has 0 spiro atoms. The van der Waals surface area contributed by atoms with Crippen molar-refractivity contribution < 1.29 is 0 Å². The van der Waals surface area contributed by atoms with Crippen molar-refractivity contribution in [2.75, 3.05) is 0 Å². The summed E-state index contributed by atoms with van der Waals surface area (Å²) >= 11 is 0. The maximum absolute atomic E-state index is 5.29. The van der Waals surface area contributed by atoms with E-state index in [2.05, 4.69) is 170 Å². The van der Waals surface area contributed by atoms with Gasteiger partial charge in [-0.25, -0.2) is 15.0 Å². The summed E-state index contributed by atoms with van der Waals surface area (Å²) in [7, 11) is 0. The van der Waals surface area contributed by atoms with Crippen LogP contribution in [-0.4, -0.2) is 15.0 Å². The third-order valence-corrected chi connectivity index (χ3v) is 9.35. The fraction of sp³-hybridized carbons (Fsp3) is 0. The molecule has 3 heteroatoms. The molecule has 0 fully saturated rings. The molecule has 0 N–H and O–H groups in total. The Labute approximate surface area is 291 Å². The fourth-order valence-electron chi connectivity index (χ4n) is 6.95. The summed E-state index contributed by atoms with van der Waals surface area (Å²) in [6.07, 6.45) is 0. The first kappa shape index (κ1) is 29.4. The molecule has 0 aliphatic carbocycles. The van der Waals surface area contributed by atoms with Crippen molar-refractivity contribution >= 4 is 21.5 Å². The van der Waals surface area contributed by atoms with E-state index < -0.39 is 0 Å². The second-order valence-corrected chi connectivity index (χ2v) is 12.4. The van der Waals surface area contributed by atoms with Crippen LogP contribution in [0.1, 0.15) is 0 Å². The fourth-order valence-corrected chi connectivity index (χ4v) is 6.95. The minimum Gasteiger partial charge on any atom is -0.208 e. The highest BCUT2D eigenvalue weighted by molar-refractivity contribution is 6.05. The van der Waals surface area contributed by atoms with Gasteiger partial charge in [0.05, 0.1) is 0 Å². The van der Waals surface area contributed by atoms with Crippen LogP contribution < -0.4 is 0 Å². The van der Waals surface area contributed by atoms with Gasteiger partial charge < -0.3 is 0 Å². The molecule has 0 unspecified atom stereocenters. The average Bonchev–Trinajstić information content (AvgIpc) is 3.21. The van der Waals surface area contributed by atoms with E-state index in [0.29, 0.717) is 17.5 Å². The van der Waals surface area contributed by atoms with Crippen LogP contribution in [0.3, 0.4) is 0 Å². The van der Waals surface area contributed by atoms with E-state index in [-0.39, 0.29) is 0 Å². The molecule has 234 valence electrons. The van der Waals surface area contributed by atoms with Crippen LogP contribution in [0.25, 0.3) is 89.1 Å². The Morgan fingerprint density at radius 2 is 0.780 bits per heavy atom. The van der Waals surface area contributed by atoms with Crippen molar-refractivity contribution in [1.82, 2.24) is 15.0 Å². The van der Waals surface area contributed by atoms with Gasteiger partial charge in [-0.05, 0) is 61.5 Å². The Kier molecular flexibility index (Phi) is 7.49. The lowest BCUT2D eigenvalue weighted by atomic mass is 9.90. The van der Waals surface area contributed by atoms with Gasteiger partial charge >= 0.3 is 0 Å². The molecule has 0 atom stereocenters. The molecule has 0 aliphatic heterocycles. The largest absolute Gasteiger partial charge is 0.208 e. The smallest absolute Gasteiger partial charge is 0.164 e. The number of fused-ring (bicyclic) bond motifs is 2. The topological polar surface area (TPSA) is 38.7 Å². The molecule has 0 radical (unpaired) electrons. The zero-order valence-corrected chi connectivity index (χ0v) is 27.2. The second kappa shape index (κ2) is 12.7. The average molecular weight is 638 g/mol. The van der Waals surface area contributed by atoms with Gasteiger partial charge in [0.1, 0.15) is 0 Å². The van der Waals surface area contributed by atoms with E-state index in [1.165, 1.54) is 21.9 Å². The Morgan fingerprint density at radius 3 is 1.50 bits per heavy atom. The van der Waals surface area contributed by atoms with Gasteiger partial charge in [-0.1, -0.05) is 176 Å². The van der Waals surface area contributed by atoms with E-state index in [9.17, 15) is 0 Å². The molecule has 0 saturated heterocycles. The SMILES string of the molecule is c1ccc(-c2nc(-c3cccc(-c4ccccc4)c3-c3ccccc3)nc(-c3ccc(-c4ccc5ccccc5c4)c4ccccc34)n2)cc1. The molecule has 0 aliphatic rings. The third kappa shape index (κ3) is 5.41. The van der Waals surface area contributed by atoms with Gasteiger partial charge in [0.15, 0.2) is 17.5 Å². The lowest BCUT2D eigenvalue weighted by Gasteiger charge is -2.17. The van der Waals surface area contributed by atoms with Gasteiger partial charge in [-0.3, -0.25) is 0 Å². The Bertz CT molecular complexity index is 2630. The Hall–Kier alpha value is -6.71. The molecule has 0 bridgehead atoms. The third-order valence-electron chi connectivity index (χ3n) is 9.35. The molecular weight excluding hydrogens is 607 g/mol. The summed E-state index contributed by atoms with van der Waals surface area (Å²) in [6, 6.07) is 65.8. The normalized spacial score (nSPS) is 11.2. The van der Waals surface area contributed by atoms with Gasteiger partial charge in [0, 0.05) is 22.3 Å². The number of nitrogens with zero attached hydrogens (tertiary/aromatic N) is 3. The lowest BCUT2D eigenvalue weighted by Crippen LogP contribution is -2.02. The molecule has 8 aromatic carbocycles. The number of hydrogen-bond acceptors (Lipinski definition) is 3. The first-order valence-corrected chi connectivity index (χ1v) is 16.9. The van der Waals surface area contributed by atoms with E-state index in [4.69, 9.17) is 15.0 Å². The molecule has 9 aromatic rings. The van der Waals surface area contributed by atoms with Crippen molar-refractivity contribution in [1.29, 1.82) is 0 Å². The summed E-state index contributed by atoms with van der Waals surface area (Å²) in [5, 5.41) is 4.70. The number of benzene rings is 8. The van der Waals surface area contributed by atoms with Crippen molar-refractivity contribution in [3.05, 3.63) is 188 Å². The summed E-state index contributed by atoms with van der Waals surface area (Å²) < 4.78 is 0. The molecule has 0 amide bonds. The van der Waals surface area contributed by atoms with Gasteiger partial charge in [-0.2, -0.15) is 0 Å². The van der Waals surface area contributed by atoms with E-state index in [1.54, 1.807) is 0 Å². The highest BCUT2D eigenvalue weighted by Crippen LogP contribution is 2.41. The maximum Gasteiger partial charge on any atom is 0.164 e. The van der Waals surface area contributed by atoms with E-state index in [1.807, 2.05) is 18.2 Å². The van der Waals surface area contributed by atoms with Crippen molar-refractivity contribution in [3.63, 3.8) is 0 Å². The maximum atomic E-state index is 5.29. The van der Waals surface area contributed by atoms with E-state index in [0.717, 1.165) is 49.7 Å². The summed E-state index contributed by atoms with van der Waals surface area (Å²) in [6.45, 7) is 0. The Morgan fingerprint density at radius 1 is 0.260 bits per heavy atom. The van der Waals surface area contributed by atoms with Crippen molar-refractivity contribution in [2.45, 2.75) is 0 Å². The van der Waals surface area contributed by atoms with Crippen LogP contribution in [0.2, 0.25) is 0 Å². The quantitative estimate of drug-likeness (QED) is 0.182. The van der Waals surface area contributed by atoms with Gasteiger partial charge in [0.2, 0.25) is 0 Å². The molecular formula is C47H31N3. The summed E-state index contributed by atoms with van der Waals surface area (Å²) in [4.78, 5) is 15.6. The van der Waals surface area contributed by atoms with Gasteiger partial charge in [-0.15, -0.1) is 0 Å². The van der Waals surface area contributed by atoms with Crippen LogP contribution in [0.15, 0.2) is 188 Å². The molecule has 50 heavy (non-hydrogen) atoms. The predicted octanol–water partition coefficient (Wildman–Crippen LogP) is 12.2. The molecule has 3 nitrogen and oxygen atoms in total. The molecule has 0 saturated carbocycles. The summed E-state index contributed by atoms with van der Waals surface area (Å²) in [5.41, 5.74) is 9.68. The van der Waals surface area contributed by atoms with Crippen LogP contribution in [-0.2, 0) is 0 Å². The Balaban J connectivity index is 1.28. The minimum absolute atomic E-state index is 0.633. The minimum atomic E-state index is 0.633. The first-order valence-electron chi connectivity index (χ1n) is 16.9. The number of rotatable bonds is 6. The second-order valence-electron chi connectivity index (χ2n) is 12.4.